The normalized spacial score (nSPS) is 11.9. The maximum absolute atomic E-state index is 13.6. The Bertz CT molecular complexity index is 569. The predicted molar refractivity (Wildman–Crippen MR) is 54.2 cm³/mol. The van der Waals surface area contributed by atoms with Crippen LogP contribution in [-0.2, 0) is 21.4 Å². The number of halogens is 3. The van der Waals surface area contributed by atoms with E-state index in [4.69, 9.17) is 0 Å². The fourth-order valence-corrected chi connectivity index (χ4v) is 2.04. The van der Waals surface area contributed by atoms with Crippen LogP contribution < -0.4 is 5.32 Å². The van der Waals surface area contributed by atoms with E-state index in [1.165, 1.54) is 6.92 Å². The second-order valence-corrected chi connectivity index (χ2v) is 4.68. The smallest absolute Gasteiger partial charge is 0.307 e. The standard InChI is InChI=1S/C7H9F3N4O3S/c1-3-5-12-7(11-4(2)15)6(8)13(5)18(16,17)14(9)10/h3H2,1-2H3,(H,11,15). The van der Waals surface area contributed by atoms with E-state index in [-0.39, 0.29) is 10.4 Å². The van der Waals surface area contributed by atoms with Crippen LogP contribution in [0.5, 0.6) is 0 Å². The third-order valence-electron chi connectivity index (χ3n) is 1.86. The fraction of sp³-hybridized carbons (Fsp3) is 0.429. The molecule has 0 fully saturated rings. The molecule has 0 aliphatic rings. The van der Waals surface area contributed by atoms with Gasteiger partial charge in [-0.15, -0.1) is 0 Å². The minimum atomic E-state index is -5.34. The Labute approximate surface area is 100 Å². The van der Waals surface area contributed by atoms with Crippen molar-refractivity contribution >= 4 is 21.9 Å². The molecule has 0 bridgehead atoms. The van der Waals surface area contributed by atoms with Crippen LogP contribution in [0.4, 0.5) is 19.2 Å². The van der Waals surface area contributed by atoms with E-state index in [0.717, 1.165) is 6.92 Å². The number of nitrogens with one attached hydrogen (secondary N) is 1. The van der Waals surface area contributed by atoms with Crippen molar-refractivity contribution in [2.75, 3.05) is 5.32 Å². The van der Waals surface area contributed by atoms with Gasteiger partial charge in [0.25, 0.3) is 5.95 Å². The zero-order chi connectivity index (χ0) is 14.1. The molecule has 1 heterocycles. The van der Waals surface area contributed by atoms with Crippen molar-refractivity contribution in [2.24, 2.45) is 0 Å². The van der Waals surface area contributed by atoms with Gasteiger partial charge in [-0.05, 0) is 0 Å². The second kappa shape index (κ2) is 4.94. The quantitative estimate of drug-likeness (QED) is 0.826. The molecule has 0 saturated heterocycles. The maximum atomic E-state index is 13.6. The Kier molecular flexibility index (Phi) is 3.96. The Balaban J connectivity index is 3.45. The van der Waals surface area contributed by atoms with Gasteiger partial charge in [0.1, 0.15) is 5.82 Å². The van der Waals surface area contributed by atoms with Gasteiger partial charge >= 0.3 is 10.2 Å². The predicted octanol–water partition coefficient (Wildman–Crippen LogP) is 0.707. The number of rotatable bonds is 4. The molecule has 0 saturated carbocycles. The first-order valence-corrected chi connectivity index (χ1v) is 6.03. The summed E-state index contributed by atoms with van der Waals surface area (Å²) >= 11 is 0. The van der Waals surface area contributed by atoms with E-state index in [9.17, 15) is 26.6 Å². The summed E-state index contributed by atoms with van der Waals surface area (Å²) < 4.78 is 58.0. The van der Waals surface area contributed by atoms with Gasteiger partial charge in [-0.25, -0.2) is 4.98 Å². The number of nitrogens with zero attached hydrogens (tertiary/aromatic N) is 3. The Morgan fingerprint density at radius 1 is 1.50 bits per heavy atom. The third-order valence-corrected chi connectivity index (χ3v) is 3.05. The number of anilines is 1. The minimum absolute atomic E-state index is 0.121. The first-order chi connectivity index (χ1) is 8.21. The average Bonchev–Trinajstić information content (AvgIpc) is 2.55. The lowest BCUT2D eigenvalue weighted by molar-refractivity contribution is -0.114. The number of aryl methyl sites for hydroxylation is 1. The molecule has 0 radical (unpaired) electrons. The molecule has 0 aromatic carbocycles. The molecule has 1 amide bonds. The van der Waals surface area contributed by atoms with Crippen molar-refractivity contribution < 1.29 is 26.6 Å². The Morgan fingerprint density at radius 2 is 2.06 bits per heavy atom. The molecule has 0 atom stereocenters. The number of carbonyl (C=O) groups is 1. The van der Waals surface area contributed by atoms with Crippen LogP contribution in [0.1, 0.15) is 19.7 Å². The first-order valence-electron chi connectivity index (χ1n) is 4.63. The highest BCUT2D eigenvalue weighted by Gasteiger charge is 2.32. The monoisotopic (exact) mass is 286 g/mol. The molecule has 1 N–H and O–H groups in total. The molecular weight excluding hydrogens is 277 g/mol. The van der Waals surface area contributed by atoms with E-state index in [1.54, 1.807) is 0 Å². The van der Waals surface area contributed by atoms with E-state index in [1.807, 2.05) is 5.32 Å². The lowest BCUT2D eigenvalue weighted by atomic mass is 10.5. The molecule has 0 unspecified atom stereocenters. The first kappa shape index (κ1) is 14.4. The number of hydrogen-bond acceptors (Lipinski definition) is 4. The van der Waals surface area contributed by atoms with Gasteiger partial charge in [-0.3, -0.25) is 4.79 Å². The van der Waals surface area contributed by atoms with Crippen molar-refractivity contribution in [3.8, 4) is 0 Å². The van der Waals surface area contributed by atoms with E-state index in [2.05, 4.69) is 4.98 Å². The van der Waals surface area contributed by atoms with Crippen molar-refractivity contribution in [1.29, 1.82) is 0 Å². The summed E-state index contributed by atoms with van der Waals surface area (Å²) in [6, 6.07) is 0. The van der Waals surface area contributed by atoms with E-state index in [0.29, 0.717) is 0 Å². The van der Waals surface area contributed by atoms with Gasteiger partial charge < -0.3 is 5.32 Å². The molecule has 1 rings (SSSR count). The summed E-state index contributed by atoms with van der Waals surface area (Å²) in [4.78, 5) is 14.2. The molecule has 1 aromatic heterocycles. The molecule has 18 heavy (non-hydrogen) atoms. The molecule has 0 aliphatic heterocycles. The number of carbonyl (C=O) groups excluding carboxylic acids is 1. The number of imidazole rings is 1. The van der Waals surface area contributed by atoms with Crippen LogP contribution in [-0.4, -0.2) is 28.0 Å². The molecule has 7 nitrogen and oxygen atoms in total. The Morgan fingerprint density at radius 3 is 2.44 bits per heavy atom. The van der Waals surface area contributed by atoms with Crippen molar-refractivity contribution in [3.63, 3.8) is 0 Å². The second-order valence-electron chi connectivity index (χ2n) is 3.15. The van der Waals surface area contributed by atoms with Gasteiger partial charge in [0.15, 0.2) is 10.6 Å². The lowest BCUT2D eigenvalue weighted by Gasteiger charge is -2.07. The molecule has 11 heteroatoms. The average molecular weight is 286 g/mol. The van der Waals surface area contributed by atoms with Gasteiger partial charge in [0.2, 0.25) is 5.91 Å². The summed E-state index contributed by atoms with van der Waals surface area (Å²) in [6.45, 7) is 2.43. The molecular formula is C7H9F3N4O3S. The zero-order valence-electron chi connectivity index (χ0n) is 9.32. The summed E-state index contributed by atoms with van der Waals surface area (Å²) in [6.07, 6.45) is -0.121. The summed E-state index contributed by atoms with van der Waals surface area (Å²) in [5.41, 5.74) is 0. The number of aromatic nitrogens is 2. The van der Waals surface area contributed by atoms with Gasteiger partial charge in [0.05, 0.1) is 0 Å². The Hall–Kier alpha value is -1.62. The van der Waals surface area contributed by atoms with Gasteiger partial charge in [-0.2, -0.15) is 16.8 Å². The van der Waals surface area contributed by atoms with Crippen LogP contribution in [0.3, 0.4) is 0 Å². The molecule has 0 spiro atoms. The van der Waals surface area contributed by atoms with Crippen LogP contribution >= 0.6 is 0 Å². The van der Waals surface area contributed by atoms with E-state index < -0.39 is 38.5 Å². The highest BCUT2D eigenvalue weighted by Crippen LogP contribution is 2.20. The van der Waals surface area contributed by atoms with Crippen molar-refractivity contribution in [2.45, 2.75) is 20.3 Å². The maximum Gasteiger partial charge on any atom is 0.366 e. The third kappa shape index (κ3) is 2.46. The summed E-state index contributed by atoms with van der Waals surface area (Å²) in [5, 5.41) is 1.91. The highest BCUT2D eigenvalue weighted by molar-refractivity contribution is 7.87. The molecule has 1 aromatic rings. The van der Waals surface area contributed by atoms with Crippen LogP contribution in [0.2, 0.25) is 0 Å². The lowest BCUT2D eigenvalue weighted by Crippen LogP contribution is -2.26. The molecule has 102 valence electrons. The van der Waals surface area contributed by atoms with Crippen LogP contribution in [0.15, 0.2) is 0 Å². The molecule has 0 aliphatic carbocycles. The fourth-order valence-electron chi connectivity index (χ4n) is 1.20. The van der Waals surface area contributed by atoms with Gasteiger partial charge in [0, 0.05) is 13.3 Å². The minimum Gasteiger partial charge on any atom is -0.307 e. The largest absolute Gasteiger partial charge is 0.366 e. The highest BCUT2D eigenvalue weighted by atomic mass is 32.2. The SMILES string of the molecule is CCc1nc(NC(C)=O)c(F)n1S(=O)(=O)N(F)F. The topological polar surface area (TPSA) is 84.3 Å². The van der Waals surface area contributed by atoms with E-state index >= 15 is 0 Å². The summed E-state index contributed by atoms with van der Waals surface area (Å²) in [7, 11) is -5.34. The number of amides is 1. The zero-order valence-corrected chi connectivity index (χ0v) is 10.1. The van der Waals surface area contributed by atoms with Crippen molar-refractivity contribution in [3.05, 3.63) is 11.8 Å². The van der Waals surface area contributed by atoms with Crippen molar-refractivity contribution in [1.82, 2.24) is 13.7 Å². The van der Waals surface area contributed by atoms with Crippen LogP contribution in [0.25, 0.3) is 0 Å². The van der Waals surface area contributed by atoms with Gasteiger partial charge in [-0.1, -0.05) is 15.9 Å². The summed E-state index contributed by atoms with van der Waals surface area (Å²) in [5.74, 6) is -3.47. The van der Waals surface area contributed by atoms with Crippen LogP contribution in [0, 0.1) is 5.95 Å². The number of hydrogen-bond donors (Lipinski definition) is 1.